The van der Waals surface area contributed by atoms with Crippen molar-refractivity contribution in [3.05, 3.63) is 71.3 Å². The van der Waals surface area contributed by atoms with E-state index in [1.54, 1.807) is 6.08 Å². The normalized spacial score (nSPS) is 13.7. The van der Waals surface area contributed by atoms with Gasteiger partial charge in [0.2, 0.25) is 0 Å². The van der Waals surface area contributed by atoms with E-state index in [0.29, 0.717) is 5.02 Å². The minimum Gasteiger partial charge on any atom is -0.411 e. The molecule has 1 N–H and O–H groups in total. The largest absolute Gasteiger partial charge is 0.411 e. The third-order valence-corrected chi connectivity index (χ3v) is 5.17. The average molecular weight is 336 g/mol. The van der Waals surface area contributed by atoms with Crippen LogP contribution in [0.1, 0.15) is 5.56 Å². The van der Waals surface area contributed by atoms with E-state index in [1.807, 2.05) is 30.3 Å². The molecule has 0 saturated heterocycles. The highest BCUT2D eigenvalue weighted by molar-refractivity contribution is 7.93. The lowest BCUT2D eigenvalue weighted by atomic mass is 10.2. The fourth-order valence-corrected chi connectivity index (χ4v) is 3.31. The predicted octanol–water partition coefficient (Wildman–Crippen LogP) is 3.66. The summed E-state index contributed by atoms with van der Waals surface area (Å²) in [7, 11) is -3.70. The molecule has 22 heavy (non-hydrogen) atoms. The van der Waals surface area contributed by atoms with Crippen molar-refractivity contribution >= 4 is 33.7 Å². The molecule has 0 heterocycles. The van der Waals surface area contributed by atoms with Crippen molar-refractivity contribution in [1.82, 2.24) is 0 Å². The second-order valence-corrected chi connectivity index (χ2v) is 7.04. The van der Waals surface area contributed by atoms with Crippen LogP contribution >= 0.6 is 11.6 Å². The van der Waals surface area contributed by atoms with Crippen molar-refractivity contribution in [2.45, 2.75) is 10.1 Å². The first kappa shape index (κ1) is 16.3. The molecule has 4 nitrogen and oxygen atoms in total. The van der Waals surface area contributed by atoms with Crippen LogP contribution in [0.25, 0.3) is 6.08 Å². The Morgan fingerprint density at radius 3 is 2.27 bits per heavy atom. The van der Waals surface area contributed by atoms with Crippen LogP contribution < -0.4 is 0 Å². The van der Waals surface area contributed by atoms with E-state index in [4.69, 9.17) is 16.8 Å². The summed E-state index contributed by atoms with van der Waals surface area (Å²) in [4.78, 5) is 0.111. The summed E-state index contributed by atoms with van der Waals surface area (Å²) in [5.74, 6) is 0. The summed E-state index contributed by atoms with van der Waals surface area (Å²) < 4.78 is 25.1. The number of nitrogens with zero attached hydrogens (tertiary/aromatic N) is 1. The van der Waals surface area contributed by atoms with Crippen molar-refractivity contribution < 1.29 is 13.6 Å². The third-order valence-electron chi connectivity index (χ3n) is 2.99. The Balaban J connectivity index is 2.34. The maximum Gasteiger partial charge on any atom is 0.190 e. The minimum absolute atomic E-state index is 0.111. The molecule has 0 aliphatic carbocycles. The Hall–Kier alpha value is -2.11. The Labute approximate surface area is 134 Å². The summed E-state index contributed by atoms with van der Waals surface area (Å²) >= 11 is 5.77. The van der Waals surface area contributed by atoms with Gasteiger partial charge in [-0.15, -0.1) is 5.16 Å². The van der Waals surface area contributed by atoms with Gasteiger partial charge in [0.15, 0.2) is 9.84 Å². The first-order valence-electron chi connectivity index (χ1n) is 6.44. The number of oxime groups is 1. The van der Waals surface area contributed by atoms with Gasteiger partial charge >= 0.3 is 0 Å². The van der Waals surface area contributed by atoms with Crippen molar-refractivity contribution in [3.8, 4) is 0 Å². The summed E-state index contributed by atoms with van der Waals surface area (Å²) in [6.07, 6.45) is 4.11. The van der Waals surface area contributed by atoms with Crippen molar-refractivity contribution in [1.29, 1.82) is 0 Å². The first-order valence-corrected chi connectivity index (χ1v) is 8.37. The minimum atomic E-state index is -3.70. The lowest BCUT2D eigenvalue weighted by molar-refractivity contribution is 0.321. The molecule has 2 aromatic rings. The van der Waals surface area contributed by atoms with Crippen molar-refractivity contribution in [2.75, 3.05) is 0 Å². The van der Waals surface area contributed by atoms with Gasteiger partial charge < -0.3 is 5.21 Å². The number of sulfone groups is 1. The second-order valence-electron chi connectivity index (χ2n) is 4.50. The maximum atomic E-state index is 12.6. The van der Waals surface area contributed by atoms with Crippen LogP contribution in [0, 0.1) is 0 Å². The molecule has 0 aliphatic heterocycles. The van der Waals surface area contributed by atoms with Gasteiger partial charge in [-0.05, 0) is 29.8 Å². The Bertz CT molecular complexity index is 769. The molecule has 2 aromatic carbocycles. The van der Waals surface area contributed by atoms with E-state index in [1.165, 1.54) is 30.3 Å². The molecule has 0 spiro atoms. The summed E-state index contributed by atoms with van der Waals surface area (Å²) in [6.45, 7) is 0. The van der Waals surface area contributed by atoms with Gasteiger partial charge in [-0.1, -0.05) is 54.1 Å². The molecule has 0 saturated carbocycles. The molecule has 0 fully saturated rings. The van der Waals surface area contributed by atoms with E-state index < -0.39 is 15.1 Å². The third kappa shape index (κ3) is 3.96. The van der Waals surface area contributed by atoms with Crippen LogP contribution in [-0.4, -0.2) is 25.1 Å². The van der Waals surface area contributed by atoms with Gasteiger partial charge in [-0.2, -0.15) is 0 Å². The van der Waals surface area contributed by atoms with Gasteiger partial charge in [-0.3, -0.25) is 0 Å². The Morgan fingerprint density at radius 2 is 1.68 bits per heavy atom. The highest BCUT2D eigenvalue weighted by Gasteiger charge is 2.24. The smallest absolute Gasteiger partial charge is 0.190 e. The van der Waals surface area contributed by atoms with Gasteiger partial charge in [-0.25, -0.2) is 8.42 Å². The van der Waals surface area contributed by atoms with E-state index in [9.17, 15) is 8.42 Å². The molecule has 0 aromatic heterocycles. The number of benzene rings is 2. The van der Waals surface area contributed by atoms with Crippen LogP contribution in [0.3, 0.4) is 0 Å². The molecule has 2 rings (SSSR count). The zero-order valence-electron chi connectivity index (χ0n) is 11.5. The predicted molar refractivity (Wildman–Crippen MR) is 88.2 cm³/mol. The highest BCUT2D eigenvalue weighted by Crippen LogP contribution is 2.19. The van der Waals surface area contributed by atoms with Gasteiger partial charge in [0.05, 0.1) is 11.1 Å². The molecule has 6 heteroatoms. The molecule has 0 unspecified atom stereocenters. The molecule has 0 amide bonds. The number of rotatable bonds is 5. The molecular weight excluding hydrogens is 322 g/mol. The summed E-state index contributed by atoms with van der Waals surface area (Å²) in [6, 6.07) is 15.1. The topological polar surface area (TPSA) is 66.7 Å². The number of hydrogen-bond acceptors (Lipinski definition) is 4. The van der Waals surface area contributed by atoms with Crippen molar-refractivity contribution in [3.63, 3.8) is 0 Å². The zero-order chi connectivity index (χ0) is 16.0. The summed E-state index contributed by atoms with van der Waals surface area (Å²) in [5, 5.41) is 11.0. The van der Waals surface area contributed by atoms with Crippen LogP contribution in [0.15, 0.2) is 70.7 Å². The molecule has 0 aliphatic rings. The summed E-state index contributed by atoms with van der Waals surface area (Å²) in [5.41, 5.74) is 0.852. The monoisotopic (exact) mass is 335 g/mol. The van der Waals surface area contributed by atoms with Gasteiger partial charge in [0, 0.05) is 5.02 Å². The van der Waals surface area contributed by atoms with E-state index in [-0.39, 0.29) is 4.90 Å². The Kier molecular flexibility index (Phi) is 5.35. The first-order chi connectivity index (χ1) is 10.5. The lowest BCUT2D eigenvalue weighted by Gasteiger charge is -2.09. The van der Waals surface area contributed by atoms with E-state index >= 15 is 0 Å². The average Bonchev–Trinajstić information content (AvgIpc) is 2.52. The van der Waals surface area contributed by atoms with E-state index in [0.717, 1.165) is 11.8 Å². The fourth-order valence-electron chi connectivity index (χ4n) is 1.85. The molecule has 0 bridgehead atoms. The quantitative estimate of drug-likeness (QED) is 0.515. The van der Waals surface area contributed by atoms with Crippen molar-refractivity contribution in [2.24, 2.45) is 5.16 Å². The highest BCUT2D eigenvalue weighted by atomic mass is 35.5. The van der Waals surface area contributed by atoms with Gasteiger partial charge in [0.1, 0.15) is 5.25 Å². The second kappa shape index (κ2) is 7.24. The van der Waals surface area contributed by atoms with Gasteiger partial charge in [0.25, 0.3) is 0 Å². The molecule has 114 valence electrons. The standard InChI is InChI=1S/C16H14ClNO3S/c17-14-7-10-15(11-8-14)22(20,21)16(12-18-19)9-6-13-4-2-1-3-5-13/h1-12,16,19H/b9-6+,18-12+/t16-/m1/s1. The van der Waals surface area contributed by atoms with E-state index in [2.05, 4.69) is 5.16 Å². The van der Waals surface area contributed by atoms with Crippen LogP contribution in [0.2, 0.25) is 5.02 Å². The lowest BCUT2D eigenvalue weighted by Crippen LogP contribution is -2.20. The maximum absolute atomic E-state index is 12.6. The Morgan fingerprint density at radius 1 is 1.05 bits per heavy atom. The molecule has 1 atom stereocenters. The SMILES string of the molecule is O=S(=O)(c1ccc(Cl)cc1)[C@H](/C=C/c1ccccc1)/C=N/O. The molecular formula is C16H14ClNO3S. The molecule has 0 radical (unpaired) electrons. The number of halogens is 1. The van der Waals surface area contributed by atoms with Crippen LogP contribution in [-0.2, 0) is 9.84 Å². The number of hydrogen-bond donors (Lipinski definition) is 1. The fraction of sp³-hybridized carbons (Fsp3) is 0.0625. The zero-order valence-corrected chi connectivity index (χ0v) is 13.1. The van der Waals surface area contributed by atoms with Crippen LogP contribution in [0.5, 0.6) is 0 Å². The van der Waals surface area contributed by atoms with Crippen LogP contribution in [0.4, 0.5) is 0 Å².